The van der Waals surface area contributed by atoms with Gasteiger partial charge in [-0.15, -0.1) is 0 Å². The first-order chi connectivity index (χ1) is 15.4. The van der Waals surface area contributed by atoms with Gasteiger partial charge in [-0.25, -0.2) is 4.79 Å². The minimum absolute atomic E-state index is 0.244. The Balaban J connectivity index is 1.53. The molecule has 0 radical (unpaired) electrons. The summed E-state index contributed by atoms with van der Waals surface area (Å²) in [7, 11) is 0. The summed E-state index contributed by atoms with van der Waals surface area (Å²) in [5.74, 6) is -0.0884. The Labute approximate surface area is 186 Å². The highest BCUT2D eigenvalue weighted by Gasteiger charge is 2.44. The number of imide groups is 1. The highest BCUT2D eigenvalue weighted by Crippen LogP contribution is 2.26. The molecule has 0 spiro atoms. The second-order valence-corrected chi connectivity index (χ2v) is 7.90. The number of urea groups is 1. The zero-order valence-corrected chi connectivity index (χ0v) is 18.1. The molecule has 0 N–H and O–H groups in total. The fraction of sp³-hybridized carbons (Fsp3) is 0.240. The lowest BCUT2D eigenvalue weighted by molar-refractivity contribution is -0.138. The lowest BCUT2D eigenvalue weighted by Gasteiger charge is -2.24. The van der Waals surface area contributed by atoms with Gasteiger partial charge in [0.2, 0.25) is 5.91 Å². The van der Waals surface area contributed by atoms with Crippen molar-refractivity contribution >= 4 is 23.5 Å². The van der Waals surface area contributed by atoms with Crippen LogP contribution in [0.3, 0.4) is 0 Å². The predicted molar refractivity (Wildman–Crippen MR) is 120 cm³/mol. The van der Waals surface area contributed by atoms with Crippen LogP contribution >= 0.6 is 0 Å². The van der Waals surface area contributed by atoms with Crippen molar-refractivity contribution in [2.75, 3.05) is 11.4 Å². The summed E-state index contributed by atoms with van der Waals surface area (Å²) in [6, 6.07) is 19.3. The van der Waals surface area contributed by atoms with Crippen molar-refractivity contribution in [2.24, 2.45) is 0 Å². The molecule has 1 aromatic heterocycles. The van der Waals surface area contributed by atoms with Crippen LogP contribution in [-0.4, -0.2) is 40.2 Å². The monoisotopic (exact) mass is 431 g/mol. The second kappa shape index (κ2) is 9.09. The smallest absolute Gasteiger partial charge is 0.332 e. The van der Waals surface area contributed by atoms with E-state index in [0.717, 1.165) is 16.0 Å². The molecule has 1 saturated heterocycles. The van der Waals surface area contributed by atoms with Crippen LogP contribution in [0, 0.1) is 6.92 Å². The molecule has 1 aliphatic heterocycles. The third-order valence-corrected chi connectivity index (χ3v) is 5.55. The zero-order valence-electron chi connectivity index (χ0n) is 18.1. The quantitative estimate of drug-likeness (QED) is 0.531. The average molecular weight is 431 g/mol. The molecule has 164 valence electrons. The molecular weight excluding hydrogens is 406 g/mol. The van der Waals surface area contributed by atoms with E-state index in [4.69, 9.17) is 4.42 Å². The van der Waals surface area contributed by atoms with E-state index in [2.05, 4.69) is 0 Å². The Morgan fingerprint density at radius 2 is 1.69 bits per heavy atom. The third kappa shape index (κ3) is 4.42. The van der Waals surface area contributed by atoms with E-state index >= 15 is 0 Å². The number of anilines is 1. The molecule has 2 aromatic carbocycles. The minimum atomic E-state index is -0.675. The van der Waals surface area contributed by atoms with Crippen molar-refractivity contribution in [3.63, 3.8) is 0 Å². The molecule has 1 aliphatic rings. The van der Waals surface area contributed by atoms with Crippen molar-refractivity contribution in [1.82, 2.24) is 9.80 Å². The number of benzene rings is 2. The number of rotatable bonds is 7. The number of hydrogen-bond acceptors (Lipinski definition) is 4. The molecule has 0 aliphatic carbocycles. The van der Waals surface area contributed by atoms with Crippen LogP contribution in [0.15, 0.2) is 77.4 Å². The number of carbonyl (C=O) groups is 3. The Bertz CT molecular complexity index is 1090. The van der Waals surface area contributed by atoms with Crippen LogP contribution in [0.2, 0.25) is 0 Å². The number of aryl methyl sites for hydroxylation is 1. The first kappa shape index (κ1) is 21.4. The molecule has 4 amide bonds. The van der Waals surface area contributed by atoms with Gasteiger partial charge in [0.25, 0.3) is 5.91 Å². The van der Waals surface area contributed by atoms with Gasteiger partial charge in [0.15, 0.2) is 0 Å². The van der Waals surface area contributed by atoms with Gasteiger partial charge in [-0.2, -0.15) is 0 Å². The van der Waals surface area contributed by atoms with E-state index in [9.17, 15) is 14.4 Å². The predicted octanol–water partition coefficient (Wildman–Crippen LogP) is 3.97. The Kier molecular flexibility index (Phi) is 6.07. The SMILES string of the molecule is Cc1ccc(N2C(=O)N(CC(=O)N(Cc3ccccc3)Cc3ccco3)C(=O)[C@@H]2C)cc1. The van der Waals surface area contributed by atoms with E-state index in [1.165, 1.54) is 4.90 Å². The molecule has 0 saturated carbocycles. The number of hydrogen-bond donors (Lipinski definition) is 0. The fourth-order valence-corrected chi connectivity index (χ4v) is 3.77. The van der Waals surface area contributed by atoms with Gasteiger partial charge < -0.3 is 9.32 Å². The summed E-state index contributed by atoms with van der Waals surface area (Å²) >= 11 is 0. The van der Waals surface area contributed by atoms with Gasteiger partial charge in [0.05, 0.1) is 12.8 Å². The van der Waals surface area contributed by atoms with Crippen molar-refractivity contribution in [3.05, 3.63) is 89.9 Å². The summed E-state index contributed by atoms with van der Waals surface area (Å²) in [6.45, 7) is 3.89. The summed E-state index contributed by atoms with van der Waals surface area (Å²) in [5.41, 5.74) is 2.63. The summed E-state index contributed by atoms with van der Waals surface area (Å²) < 4.78 is 5.42. The molecule has 1 atom stereocenters. The topological polar surface area (TPSA) is 74.1 Å². The van der Waals surface area contributed by atoms with E-state index in [1.807, 2.05) is 49.4 Å². The van der Waals surface area contributed by atoms with Gasteiger partial charge in [0, 0.05) is 12.2 Å². The number of carbonyl (C=O) groups excluding carboxylic acids is 3. The molecule has 4 rings (SSSR count). The molecule has 0 bridgehead atoms. The lowest BCUT2D eigenvalue weighted by atomic mass is 10.2. The van der Waals surface area contributed by atoms with Crippen LogP contribution in [0.25, 0.3) is 0 Å². The third-order valence-electron chi connectivity index (χ3n) is 5.55. The largest absolute Gasteiger partial charge is 0.467 e. The van der Waals surface area contributed by atoms with E-state index in [0.29, 0.717) is 18.0 Å². The normalized spacial score (nSPS) is 16.0. The Hall–Kier alpha value is -3.87. The number of furan rings is 1. The van der Waals surface area contributed by atoms with Crippen molar-refractivity contribution in [1.29, 1.82) is 0 Å². The van der Waals surface area contributed by atoms with Gasteiger partial charge in [-0.1, -0.05) is 48.0 Å². The van der Waals surface area contributed by atoms with Crippen molar-refractivity contribution in [3.8, 4) is 0 Å². The number of amides is 4. The maximum atomic E-state index is 13.2. The Morgan fingerprint density at radius 3 is 2.34 bits per heavy atom. The first-order valence-corrected chi connectivity index (χ1v) is 10.5. The minimum Gasteiger partial charge on any atom is -0.467 e. The summed E-state index contributed by atoms with van der Waals surface area (Å²) in [4.78, 5) is 43.3. The van der Waals surface area contributed by atoms with E-state index < -0.39 is 12.1 Å². The molecule has 1 fully saturated rings. The standard InChI is InChI=1S/C25H25N3O4/c1-18-10-12-21(13-11-18)28-19(2)24(30)27(25(28)31)17-23(29)26(16-22-9-6-14-32-22)15-20-7-4-3-5-8-20/h3-14,19H,15-17H2,1-2H3/t19-/m0/s1. The molecule has 2 heterocycles. The Morgan fingerprint density at radius 1 is 0.969 bits per heavy atom. The maximum absolute atomic E-state index is 13.2. The first-order valence-electron chi connectivity index (χ1n) is 10.5. The van der Waals surface area contributed by atoms with Crippen molar-refractivity contribution in [2.45, 2.75) is 33.0 Å². The van der Waals surface area contributed by atoms with Gasteiger partial charge >= 0.3 is 6.03 Å². The fourth-order valence-electron chi connectivity index (χ4n) is 3.77. The van der Waals surface area contributed by atoms with Gasteiger partial charge in [0.1, 0.15) is 18.3 Å². The highest BCUT2D eigenvalue weighted by molar-refractivity contribution is 6.15. The second-order valence-electron chi connectivity index (χ2n) is 7.90. The van der Waals surface area contributed by atoms with Gasteiger partial charge in [-0.3, -0.25) is 19.4 Å². The zero-order chi connectivity index (χ0) is 22.7. The van der Waals surface area contributed by atoms with Crippen LogP contribution < -0.4 is 4.90 Å². The molecule has 7 nitrogen and oxygen atoms in total. The van der Waals surface area contributed by atoms with Crippen molar-refractivity contribution < 1.29 is 18.8 Å². The summed E-state index contributed by atoms with van der Waals surface area (Å²) in [5, 5.41) is 0. The molecule has 7 heteroatoms. The average Bonchev–Trinajstić information content (AvgIpc) is 3.38. The van der Waals surface area contributed by atoms with Crippen LogP contribution in [0.1, 0.15) is 23.8 Å². The maximum Gasteiger partial charge on any atom is 0.332 e. The number of nitrogens with zero attached hydrogens (tertiary/aromatic N) is 3. The van der Waals surface area contributed by atoms with E-state index in [-0.39, 0.29) is 24.9 Å². The van der Waals surface area contributed by atoms with Crippen LogP contribution in [0.5, 0.6) is 0 Å². The molecule has 3 aromatic rings. The van der Waals surface area contributed by atoms with E-state index in [1.54, 1.807) is 42.4 Å². The van der Waals surface area contributed by atoms with Crippen LogP contribution in [-0.2, 0) is 22.7 Å². The lowest BCUT2D eigenvalue weighted by Crippen LogP contribution is -2.43. The summed E-state index contributed by atoms with van der Waals surface area (Å²) in [6.07, 6.45) is 1.55. The molecule has 32 heavy (non-hydrogen) atoms. The van der Waals surface area contributed by atoms with Crippen LogP contribution in [0.4, 0.5) is 10.5 Å². The molecular formula is C25H25N3O4. The molecule has 0 unspecified atom stereocenters. The van der Waals surface area contributed by atoms with Gasteiger partial charge in [-0.05, 0) is 43.7 Å². The highest BCUT2D eigenvalue weighted by atomic mass is 16.3.